The number of hydrogen-bond donors (Lipinski definition) is 2. The fraction of sp³-hybridized carbons (Fsp3) is 0.273. The van der Waals surface area contributed by atoms with E-state index in [0.29, 0.717) is 27.4 Å². The molecule has 3 aromatic heterocycles. The van der Waals surface area contributed by atoms with Crippen LogP contribution in [0.3, 0.4) is 0 Å². The van der Waals surface area contributed by atoms with Crippen LogP contribution in [0.5, 0.6) is 0 Å². The van der Waals surface area contributed by atoms with Crippen molar-refractivity contribution in [3.63, 3.8) is 0 Å². The topological polar surface area (TPSA) is 110 Å². The van der Waals surface area contributed by atoms with Crippen molar-refractivity contribution in [2.24, 2.45) is 0 Å². The number of aliphatic hydroxyl groups excluding tert-OH is 1. The number of aromatic nitrogens is 4. The highest BCUT2D eigenvalue weighted by atomic mass is 32.2. The highest BCUT2D eigenvalue weighted by Gasteiger charge is 2.23. The number of carbonyl (C=O) groups is 1. The number of hydrogen-bond acceptors (Lipinski definition) is 8. The average Bonchev–Trinajstić information content (AvgIpc) is 3.32. The van der Waals surface area contributed by atoms with Crippen LogP contribution in [0.15, 0.2) is 40.0 Å². The summed E-state index contributed by atoms with van der Waals surface area (Å²) in [6.07, 6.45) is 0. The fourth-order valence-corrected chi connectivity index (χ4v) is 5.44. The van der Waals surface area contributed by atoms with Crippen LogP contribution in [0.4, 0.5) is 0 Å². The van der Waals surface area contributed by atoms with Gasteiger partial charge in [0.1, 0.15) is 22.0 Å². The Balaban J connectivity index is 1.74. The van der Waals surface area contributed by atoms with Crippen LogP contribution in [-0.2, 0) is 16.1 Å². The molecular formula is C22H22N4O4S2. The van der Waals surface area contributed by atoms with Crippen molar-refractivity contribution < 1.29 is 14.6 Å². The van der Waals surface area contributed by atoms with E-state index in [4.69, 9.17) is 4.74 Å². The summed E-state index contributed by atoms with van der Waals surface area (Å²) in [4.78, 5) is 39.3. The number of fused-ring (bicyclic) bond motifs is 2. The van der Waals surface area contributed by atoms with E-state index in [-0.39, 0.29) is 28.5 Å². The Kier molecular flexibility index (Phi) is 6.07. The normalized spacial score (nSPS) is 12.4. The summed E-state index contributed by atoms with van der Waals surface area (Å²) in [6.45, 7) is 6.21. The molecule has 1 aromatic carbocycles. The molecule has 3 heterocycles. The highest BCUT2D eigenvalue weighted by molar-refractivity contribution is 7.99. The van der Waals surface area contributed by atoms with E-state index >= 15 is 0 Å². The summed E-state index contributed by atoms with van der Waals surface area (Å²) >= 11 is 2.66. The summed E-state index contributed by atoms with van der Waals surface area (Å²) in [7, 11) is 1.25. The van der Waals surface area contributed by atoms with Crippen LogP contribution in [-0.4, -0.2) is 43.5 Å². The molecular weight excluding hydrogens is 448 g/mol. The molecule has 2 N–H and O–H groups in total. The predicted molar refractivity (Wildman–Crippen MR) is 127 cm³/mol. The van der Waals surface area contributed by atoms with Gasteiger partial charge in [-0.25, -0.2) is 14.8 Å². The SMILES string of the molecule is CCn1c(SC/C(O)=C(\C(=O)OC)c2nc3ccccc3[nH]2)nc2sc(C)c(C)c2c1=O. The van der Waals surface area contributed by atoms with E-state index < -0.39 is 5.97 Å². The van der Waals surface area contributed by atoms with Gasteiger partial charge >= 0.3 is 5.97 Å². The maximum absolute atomic E-state index is 13.0. The lowest BCUT2D eigenvalue weighted by Crippen LogP contribution is -2.22. The number of nitrogens with zero attached hydrogens (tertiary/aromatic N) is 3. The predicted octanol–water partition coefficient (Wildman–Crippen LogP) is 4.21. The van der Waals surface area contributed by atoms with Gasteiger partial charge in [-0.3, -0.25) is 9.36 Å². The number of rotatable bonds is 6. The molecule has 0 radical (unpaired) electrons. The zero-order valence-electron chi connectivity index (χ0n) is 18.1. The first-order chi connectivity index (χ1) is 15.3. The Morgan fingerprint density at radius 1 is 1.28 bits per heavy atom. The molecule has 0 aliphatic heterocycles. The second-order valence-electron chi connectivity index (χ2n) is 7.11. The standard InChI is InChI=1S/C22H22N4O4S2/c1-5-26-20(28)16-11(2)12(3)32-19(16)25-22(26)31-10-15(27)17(21(29)30-4)18-23-13-8-6-7-9-14(13)24-18/h6-9,27H,5,10H2,1-4H3,(H,23,24)/b17-15+. The third-order valence-corrected chi connectivity index (χ3v) is 7.30. The van der Waals surface area contributed by atoms with Gasteiger partial charge in [0.15, 0.2) is 5.16 Å². The van der Waals surface area contributed by atoms with Gasteiger partial charge in [0.25, 0.3) is 5.56 Å². The van der Waals surface area contributed by atoms with E-state index in [9.17, 15) is 14.7 Å². The number of H-pyrrole nitrogens is 1. The number of para-hydroxylation sites is 2. The molecule has 4 rings (SSSR count). The largest absolute Gasteiger partial charge is 0.510 e. The first kappa shape index (κ1) is 22.1. The molecule has 0 spiro atoms. The zero-order valence-corrected chi connectivity index (χ0v) is 19.7. The molecule has 0 saturated heterocycles. The molecule has 166 valence electrons. The van der Waals surface area contributed by atoms with Crippen molar-refractivity contribution in [1.29, 1.82) is 0 Å². The third-order valence-electron chi connectivity index (χ3n) is 5.21. The van der Waals surface area contributed by atoms with Crippen LogP contribution in [0.1, 0.15) is 23.2 Å². The molecule has 10 heteroatoms. The van der Waals surface area contributed by atoms with Crippen molar-refractivity contribution in [3.8, 4) is 0 Å². The van der Waals surface area contributed by atoms with Crippen LogP contribution in [0, 0.1) is 13.8 Å². The van der Waals surface area contributed by atoms with Crippen LogP contribution in [0.25, 0.3) is 26.8 Å². The van der Waals surface area contributed by atoms with E-state index in [2.05, 4.69) is 15.0 Å². The quantitative estimate of drug-likeness (QED) is 0.143. The Morgan fingerprint density at radius 3 is 2.72 bits per heavy atom. The summed E-state index contributed by atoms with van der Waals surface area (Å²) in [5, 5.41) is 11.9. The van der Waals surface area contributed by atoms with Crippen molar-refractivity contribution in [2.45, 2.75) is 32.5 Å². The van der Waals surface area contributed by atoms with E-state index in [1.54, 1.807) is 10.6 Å². The molecule has 0 aliphatic rings. The number of aromatic amines is 1. The van der Waals surface area contributed by atoms with E-state index in [1.807, 2.05) is 39.0 Å². The lowest BCUT2D eigenvalue weighted by atomic mass is 10.2. The molecule has 0 unspecified atom stereocenters. The van der Waals surface area contributed by atoms with Gasteiger partial charge in [0, 0.05) is 11.4 Å². The number of esters is 1. The van der Waals surface area contributed by atoms with Crippen LogP contribution in [0.2, 0.25) is 0 Å². The van der Waals surface area contributed by atoms with Crippen molar-refractivity contribution >= 4 is 55.9 Å². The molecule has 8 nitrogen and oxygen atoms in total. The molecule has 0 saturated carbocycles. The molecule has 0 fully saturated rings. The minimum absolute atomic E-state index is 0.0166. The van der Waals surface area contributed by atoms with Crippen LogP contribution < -0.4 is 5.56 Å². The number of nitrogens with one attached hydrogen (secondary N) is 1. The number of benzene rings is 1. The van der Waals surface area contributed by atoms with Gasteiger partial charge in [0.05, 0.1) is 29.3 Å². The number of thiophene rings is 1. The second kappa shape index (κ2) is 8.79. The summed E-state index contributed by atoms with van der Waals surface area (Å²) in [5.74, 6) is -0.681. The van der Waals surface area contributed by atoms with Crippen molar-refractivity contribution in [2.75, 3.05) is 12.9 Å². The summed E-state index contributed by atoms with van der Waals surface area (Å²) in [6, 6.07) is 7.32. The monoisotopic (exact) mass is 470 g/mol. The highest BCUT2D eigenvalue weighted by Crippen LogP contribution is 2.30. The maximum Gasteiger partial charge on any atom is 0.345 e. The minimum Gasteiger partial charge on any atom is -0.510 e. The average molecular weight is 471 g/mol. The number of thioether (sulfide) groups is 1. The molecule has 32 heavy (non-hydrogen) atoms. The van der Waals surface area contributed by atoms with Gasteiger partial charge in [0.2, 0.25) is 0 Å². The molecule has 4 aromatic rings. The Hall–Kier alpha value is -3.11. The van der Waals surface area contributed by atoms with Gasteiger partial charge in [-0.05, 0) is 38.5 Å². The number of aliphatic hydroxyl groups is 1. The molecule has 0 amide bonds. The Labute approximate surface area is 192 Å². The molecule has 0 atom stereocenters. The first-order valence-electron chi connectivity index (χ1n) is 9.94. The van der Waals surface area contributed by atoms with Gasteiger partial charge in [-0.2, -0.15) is 0 Å². The van der Waals surface area contributed by atoms with Crippen molar-refractivity contribution in [1.82, 2.24) is 19.5 Å². The van der Waals surface area contributed by atoms with Gasteiger partial charge in [-0.1, -0.05) is 23.9 Å². The summed E-state index contributed by atoms with van der Waals surface area (Å²) in [5.41, 5.74) is 2.20. The number of methoxy groups -OCH3 is 1. The number of aryl methyl sites for hydroxylation is 2. The van der Waals surface area contributed by atoms with Gasteiger partial charge < -0.3 is 14.8 Å². The third kappa shape index (κ3) is 3.80. The Morgan fingerprint density at radius 2 is 2.03 bits per heavy atom. The van der Waals surface area contributed by atoms with Crippen LogP contribution >= 0.6 is 23.1 Å². The number of imidazole rings is 1. The lowest BCUT2D eigenvalue weighted by Gasteiger charge is -2.11. The maximum atomic E-state index is 13.0. The fourth-order valence-electron chi connectivity index (χ4n) is 3.43. The van der Waals surface area contributed by atoms with Crippen molar-refractivity contribution in [3.05, 3.63) is 56.6 Å². The number of carbonyl (C=O) groups excluding carboxylic acids is 1. The smallest absolute Gasteiger partial charge is 0.345 e. The zero-order chi connectivity index (χ0) is 23.0. The Bertz CT molecular complexity index is 1400. The molecule has 0 aliphatic carbocycles. The number of ether oxygens (including phenoxy) is 1. The van der Waals surface area contributed by atoms with E-state index in [1.165, 1.54) is 30.2 Å². The second-order valence-corrected chi connectivity index (χ2v) is 9.26. The first-order valence-corrected chi connectivity index (χ1v) is 11.7. The van der Waals surface area contributed by atoms with Gasteiger partial charge in [-0.15, -0.1) is 11.3 Å². The molecule has 0 bridgehead atoms. The lowest BCUT2D eigenvalue weighted by molar-refractivity contribution is -0.133. The summed E-state index contributed by atoms with van der Waals surface area (Å²) < 4.78 is 6.46. The van der Waals surface area contributed by atoms with E-state index in [0.717, 1.165) is 16.0 Å². The minimum atomic E-state index is -0.706.